The highest BCUT2D eigenvalue weighted by Gasteiger charge is 1.93. The molecule has 1 N–H and O–H groups in total. The second-order valence-corrected chi connectivity index (χ2v) is 2.57. The van der Waals surface area contributed by atoms with Gasteiger partial charge in [-0.2, -0.15) is 0 Å². The molecule has 0 spiro atoms. The van der Waals surface area contributed by atoms with E-state index in [-0.39, 0.29) is 0 Å². The lowest BCUT2D eigenvalue weighted by molar-refractivity contribution is 1.15. The van der Waals surface area contributed by atoms with Gasteiger partial charge < -0.3 is 5.32 Å². The minimum Gasteiger partial charge on any atom is -0.344 e. The monoisotopic (exact) mass is 148 g/mol. The SMILES string of the molecule is C=C1/C=C\C(C)=C/N=C(C)N1. The zero-order chi connectivity index (χ0) is 8.27. The van der Waals surface area contributed by atoms with Crippen molar-refractivity contribution < 1.29 is 0 Å². The Balaban J connectivity index is 2.91. The van der Waals surface area contributed by atoms with Crippen LogP contribution in [0.4, 0.5) is 0 Å². The van der Waals surface area contributed by atoms with Crippen LogP contribution in [0.3, 0.4) is 0 Å². The first-order valence-electron chi connectivity index (χ1n) is 3.53. The summed E-state index contributed by atoms with van der Waals surface area (Å²) in [5.41, 5.74) is 2.01. The van der Waals surface area contributed by atoms with E-state index in [0.29, 0.717) is 0 Å². The molecule has 11 heavy (non-hydrogen) atoms. The Morgan fingerprint density at radius 3 is 2.82 bits per heavy atom. The van der Waals surface area contributed by atoms with Crippen molar-refractivity contribution in [3.63, 3.8) is 0 Å². The number of nitrogens with one attached hydrogen (secondary N) is 1. The van der Waals surface area contributed by atoms with Crippen molar-refractivity contribution in [2.24, 2.45) is 4.99 Å². The quantitative estimate of drug-likeness (QED) is 0.558. The van der Waals surface area contributed by atoms with E-state index in [2.05, 4.69) is 16.9 Å². The van der Waals surface area contributed by atoms with Gasteiger partial charge in [-0.05, 0) is 25.5 Å². The molecule has 0 fully saturated rings. The minimum atomic E-state index is 0.874. The predicted molar refractivity (Wildman–Crippen MR) is 48.3 cm³/mol. The predicted octanol–water partition coefficient (Wildman–Crippen LogP) is 1.98. The van der Waals surface area contributed by atoms with E-state index in [9.17, 15) is 0 Å². The molecule has 0 unspecified atom stereocenters. The summed E-state index contributed by atoms with van der Waals surface area (Å²) in [7, 11) is 0. The van der Waals surface area contributed by atoms with E-state index in [0.717, 1.165) is 17.1 Å². The van der Waals surface area contributed by atoms with Crippen LogP contribution in [0.2, 0.25) is 0 Å². The Kier molecular flexibility index (Phi) is 2.26. The van der Waals surface area contributed by atoms with Crippen LogP contribution in [0.5, 0.6) is 0 Å². The number of allylic oxidation sites excluding steroid dienone is 3. The molecule has 0 atom stereocenters. The van der Waals surface area contributed by atoms with Gasteiger partial charge >= 0.3 is 0 Å². The molecule has 1 aliphatic rings. The largest absolute Gasteiger partial charge is 0.344 e. The third-order valence-corrected chi connectivity index (χ3v) is 1.35. The molecule has 0 aliphatic carbocycles. The molecule has 1 rings (SSSR count). The summed E-state index contributed by atoms with van der Waals surface area (Å²) >= 11 is 0. The lowest BCUT2D eigenvalue weighted by Gasteiger charge is -2.05. The van der Waals surface area contributed by atoms with Crippen LogP contribution in [-0.2, 0) is 0 Å². The highest BCUT2D eigenvalue weighted by molar-refractivity contribution is 5.82. The standard InChI is InChI=1S/C9H12N2/c1-7-4-5-8(2)11-9(3)10-6-7/h4-6H,2H2,1,3H3,(H,10,11)/b5-4-,7-6-. The van der Waals surface area contributed by atoms with Gasteiger partial charge in [-0.1, -0.05) is 12.7 Å². The van der Waals surface area contributed by atoms with Crippen molar-refractivity contribution in [3.05, 3.63) is 36.2 Å². The maximum atomic E-state index is 4.15. The fraction of sp³-hybridized carbons (Fsp3) is 0.222. The third-order valence-electron chi connectivity index (χ3n) is 1.35. The zero-order valence-corrected chi connectivity index (χ0v) is 6.89. The van der Waals surface area contributed by atoms with Crippen LogP contribution < -0.4 is 5.32 Å². The van der Waals surface area contributed by atoms with Crippen LogP contribution in [0, 0.1) is 0 Å². The van der Waals surface area contributed by atoms with Gasteiger partial charge in [0.2, 0.25) is 0 Å². The number of amidine groups is 1. The number of hydrogen-bond donors (Lipinski definition) is 1. The highest BCUT2D eigenvalue weighted by atomic mass is 15.0. The fourth-order valence-corrected chi connectivity index (χ4v) is 0.780. The van der Waals surface area contributed by atoms with E-state index in [1.807, 2.05) is 32.2 Å². The van der Waals surface area contributed by atoms with Crippen LogP contribution in [0.1, 0.15) is 13.8 Å². The molecular weight excluding hydrogens is 136 g/mol. The number of aliphatic imine (C=N–C) groups is 1. The van der Waals surface area contributed by atoms with Gasteiger partial charge in [0.15, 0.2) is 0 Å². The second-order valence-electron chi connectivity index (χ2n) is 2.57. The van der Waals surface area contributed by atoms with E-state index < -0.39 is 0 Å². The molecule has 0 saturated heterocycles. The maximum absolute atomic E-state index is 4.15. The van der Waals surface area contributed by atoms with Crippen molar-refractivity contribution in [1.82, 2.24) is 5.32 Å². The minimum absolute atomic E-state index is 0.874. The van der Waals surface area contributed by atoms with Crippen LogP contribution in [-0.4, -0.2) is 5.84 Å². The molecule has 1 heterocycles. The number of rotatable bonds is 0. The van der Waals surface area contributed by atoms with Gasteiger partial charge in [0.1, 0.15) is 5.84 Å². The van der Waals surface area contributed by atoms with Gasteiger partial charge in [0.05, 0.1) is 0 Å². The topological polar surface area (TPSA) is 24.4 Å². The lowest BCUT2D eigenvalue weighted by atomic mass is 10.2. The van der Waals surface area contributed by atoms with Crippen LogP contribution >= 0.6 is 0 Å². The molecule has 0 radical (unpaired) electrons. The molecule has 2 nitrogen and oxygen atoms in total. The molecule has 58 valence electrons. The molecule has 0 amide bonds. The molecule has 2 heteroatoms. The summed E-state index contributed by atoms with van der Waals surface area (Å²) in [5, 5.41) is 3.03. The number of hydrogen-bond acceptors (Lipinski definition) is 2. The Morgan fingerprint density at radius 1 is 1.36 bits per heavy atom. The van der Waals surface area contributed by atoms with Gasteiger partial charge in [-0.15, -0.1) is 0 Å². The average Bonchev–Trinajstić information content (AvgIpc) is 1.95. The van der Waals surface area contributed by atoms with Crippen molar-refractivity contribution in [1.29, 1.82) is 0 Å². The fourth-order valence-electron chi connectivity index (χ4n) is 0.780. The highest BCUT2D eigenvalue weighted by Crippen LogP contribution is 2.01. The summed E-state index contributed by atoms with van der Waals surface area (Å²) in [4.78, 5) is 4.15. The van der Waals surface area contributed by atoms with Gasteiger partial charge in [0, 0.05) is 11.9 Å². The Bertz CT molecular complexity index is 257. The summed E-state index contributed by atoms with van der Waals surface area (Å²) in [6.45, 7) is 7.71. The first kappa shape index (κ1) is 7.79. The van der Waals surface area contributed by atoms with Crippen molar-refractivity contribution in [2.75, 3.05) is 0 Å². The van der Waals surface area contributed by atoms with E-state index in [1.54, 1.807) is 0 Å². The van der Waals surface area contributed by atoms with Crippen molar-refractivity contribution in [3.8, 4) is 0 Å². The Morgan fingerprint density at radius 2 is 2.09 bits per heavy atom. The maximum Gasteiger partial charge on any atom is 0.103 e. The van der Waals surface area contributed by atoms with E-state index in [1.165, 1.54) is 0 Å². The summed E-state index contributed by atoms with van der Waals surface area (Å²) in [6, 6.07) is 0. The Hall–Kier alpha value is -1.31. The van der Waals surface area contributed by atoms with E-state index >= 15 is 0 Å². The smallest absolute Gasteiger partial charge is 0.103 e. The zero-order valence-electron chi connectivity index (χ0n) is 6.89. The summed E-state index contributed by atoms with van der Waals surface area (Å²) < 4.78 is 0. The first-order chi connectivity index (χ1) is 5.18. The Labute approximate surface area is 67.0 Å². The lowest BCUT2D eigenvalue weighted by Crippen LogP contribution is -2.17. The molecular formula is C9H12N2. The van der Waals surface area contributed by atoms with Crippen molar-refractivity contribution >= 4 is 5.84 Å². The third kappa shape index (κ3) is 2.42. The van der Waals surface area contributed by atoms with Gasteiger partial charge in [0.25, 0.3) is 0 Å². The first-order valence-corrected chi connectivity index (χ1v) is 3.53. The van der Waals surface area contributed by atoms with Gasteiger partial charge in [-0.25, -0.2) is 4.99 Å². The molecule has 0 bridgehead atoms. The second kappa shape index (κ2) is 3.19. The molecule has 0 aromatic carbocycles. The summed E-state index contributed by atoms with van der Waals surface area (Å²) in [6.07, 6.45) is 5.74. The molecule has 1 aliphatic heterocycles. The van der Waals surface area contributed by atoms with Crippen molar-refractivity contribution in [2.45, 2.75) is 13.8 Å². The summed E-state index contributed by atoms with van der Waals surface area (Å²) in [5.74, 6) is 0.874. The van der Waals surface area contributed by atoms with Crippen LogP contribution in [0.25, 0.3) is 0 Å². The molecule has 0 aromatic heterocycles. The van der Waals surface area contributed by atoms with Crippen LogP contribution in [0.15, 0.2) is 41.2 Å². The number of nitrogens with zero attached hydrogens (tertiary/aromatic N) is 1. The molecule has 0 saturated carbocycles. The van der Waals surface area contributed by atoms with E-state index in [4.69, 9.17) is 0 Å². The van der Waals surface area contributed by atoms with Gasteiger partial charge in [-0.3, -0.25) is 0 Å². The normalized spacial score (nSPS) is 25.5. The average molecular weight is 148 g/mol. The molecule has 0 aromatic rings.